The van der Waals surface area contributed by atoms with E-state index in [-0.39, 0.29) is 0 Å². The lowest BCUT2D eigenvalue weighted by Crippen LogP contribution is -2.08. The second kappa shape index (κ2) is 10.0. The summed E-state index contributed by atoms with van der Waals surface area (Å²) in [5.41, 5.74) is 5.28. The Morgan fingerprint density at radius 3 is 2.37 bits per heavy atom. The highest BCUT2D eigenvalue weighted by Gasteiger charge is 2.17. The molecule has 0 aliphatic rings. The van der Waals surface area contributed by atoms with Gasteiger partial charge >= 0.3 is 0 Å². The monoisotopic (exact) mass is 466 g/mol. The van der Waals surface area contributed by atoms with E-state index in [9.17, 15) is 0 Å². The maximum absolute atomic E-state index is 4.81. The van der Waals surface area contributed by atoms with Gasteiger partial charge in [-0.1, -0.05) is 69.7 Å². The largest absolute Gasteiger partial charge is 0.306 e. The molecule has 0 saturated carbocycles. The van der Waals surface area contributed by atoms with Gasteiger partial charge in [-0.15, -0.1) is 10.2 Å². The molecular weight excluding hydrogens is 436 g/mol. The van der Waals surface area contributed by atoms with Crippen molar-refractivity contribution in [3.05, 3.63) is 83.9 Å². The molecular formula is C27H30N8. The molecule has 0 aliphatic heterocycles. The number of aromatic nitrogens is 8. The van der Waals surface area contributed by atoms with Crippen molar-refractivity contribution in [1.29, 1.82) is 0 Å². The van der Waals surface area contributed by atoms with Gasteiger partial charge in [0.15, 0.2) is 5.82 Å². The average molecular weight is 467 g/mol. The highest BCUT2D eigenvalue weighted by Crippen LogP contribution is 2.31. The zero-order chi connectivity index (χ0) is 24.2. The molecule has 5 rings (SSSR count). The maximum atomic E-state index is 4.81. The SMILES string of the molecule is CCCCc1nc(C(C)C)nn1Cc1ccc(-n2c(-c3ccccc3)ccc2-c2nn[nH]n2)cc1. The van der Waals surface area contributed by atoms with E-state index >= 15 is 0 Å². The summed E-state index contributed by atoms with van der Waals surface area (Å²) in [6, 6.07) is 23.0. The first-order chi connectivity index (χ1) is 17.1. The number of hydrogen-bond donors (Lipinski definition) is 1. The van der Waals surface area contributed by atoms with Crippen molar-refractivity contribution in [3.63, 3.8) is 0 Å². The number of tetrazole rings is 1. The smallest absolute Gasteiger partial charge is 0.221 e. The summed E-state index contributed by atoms with van der Waals surface area (Å²) in [7, 11) is 0. The van der Waals surface area contributed by atoms with E-state index in [1.54, 1.807) is 0 Å². The molecule has 178 valence electrons. The molecule has 3 heterocycles. The van der Waals surface area contributed by atoms with Gasteiger partial charge in [0.05, 0.1) is 17.9 Å². The maximum Gasteiger partial charge on any atom is 0.221 e. The van der Waals surface area contributed by atoms with Crippen LogP contribution in [0.25, 0.3) is 28.5 Å². The highest BCUT2D eigenvalue weighted by molar-refractivity contribution is 5.70. The number of hydrogen-bond acceptors (Lipinski definition) is 5. The molecule has 0 amide bonds. The predicted octanol–water partition coefficient (Wildman–Crippen LogP) is 5.43. The van der Waals surface area contributed by atoms with Gasteiger partial charge in [0, 0.05) is 18.0 Å². The van der Waals surface area contributed by atoms with Gasteiger partial charge < -0.3 is 4.57 Å². The van der Waals surface area contributed by atoms with Crippen molar-refractivity contribution in [3.8, 4) is 28.5 Å². The molecule has 3 aromatic heterocycles. The number of nitrogens with one attached hydrogen (secondary N) is 1. The molecule has 0 atom stereocenters. The molecule has 0 radical (unpaired) electrons. The van der Waals surface area contributed by atoms with Gasteiger partial charge in [-0.05, 0) is 47.0 Å². The van der Waals surface area contributed by atoms with E-state index in [1.165, 1.54) is 5.56 Å². The number of nitrogens with zero attached hydrogens (tertiary/aromatic N) is 7. The zero-order valence-electron chi connectivity index (χ0n) is 20.4. The van der Waals surface area contributed by atoms with Crippen molar-refractivity contribution in [2.75, 3.05) is 0 Å². The quantitative estimate of drug-likeness (QED) is 0.313. The van der Waals surface area contributed by atoms with E-state index < -0.39 is 0 Å². The molecule has 8 heteroatoms. The number of rotatable bonds is 9. The van der Waals surface area contributed by atoms with Crippen LogP contribution >= 0.6 is 0 Å². The van der Waals surface area contributed by atoms with Crippen LogP contribution in [-0.2, 0) is 13.0 Å². The van der Waals surface area contributed by atoms with Gasteiger partial charge in [-0.3, -0.25) is 0 Å². The topological polar surface area (TPSA) is 90.1 Å². The Balaban J connectivity index is 1.49. The lowest BCUT2D eigenvalue weighted by Gasteiger charge is -2.13. The van der Waals surface area contributed by atoms with Crippen molar-refractivity contribution >= 4 is 0 Å². The normalized spacial score (nSPS) is 11.4. The van der Waals surface area contributed by atoms with Crippen molar-refractivity contribution in [2.24, 2.45) is 0 Å². The molecule has 1 N–H and O–H groups in total. The number of benzene rings is 2. The van der Waals surface area contributed by atoms with Gasteiger partial charge in [0.2, 0.25) is 5.82 Å². The summed E-state index contributed by atoms with van der Waals surface area (Å²) in [6.45, 7) is 7.19. The molecule has 2 aromatic carbocycles. The standard InChI is InChI=1S/C27H30N8/c1-4-5-11-25-28-26(19(2)3)31-34(25)18-20-12-14-22(15-13-20)35-23(21-9-7-6-8-10-21)16-17-24(35)27-29-32-33-30-27/h6-10,12-17,19H,4-5,11,18H2,1-3H3,(H,29,30,32,33). The predicted molar refractivity (Wildman–Crippen MR) is 136 cm³/mol. The lowest BCUT2D eigenvalue weighted by atomic mass is 10.1. The van der Waals surface area contributed by atoms with Crippen LogP contribution in [0.4, 0.5) is 0 Å². The van der Waals surface area contributed by atoms with Crippen molar-refractivity contribution < 1.29 is 0 Å². The fourth-order valence-electron chi connectivity index (χ4n) is 4.20. The fourth-order valence-corrected chi connectivity index (χ4v) is 4.20. The Morgan fingerprint density at radius 2 is 1.69 bits per heavy atom. The number of aromatic amines is 1. The fraction of sp³-hybridized carbons (Fsp3) is 0.296. The summed E-state index contributed by atoms with van der Waals surface area (Å²) >= 11 is 0. The number of aryl methyl sites for hydroxylation is 1. The average Bonchev–Trinajstić information content (AvgIpc) is 3.63. The second-order valence-electron chi connectivity index (χ2n) is 9.01. The highest BCUT2D eigenvalue weighted by atomic mass is 15.5. The number of H-pyrrole nitrogens is 1. The first kappa shape index (κ1) is 22.7. The third-order valence-corrected chi connectivity index (χ3v) is 6.09. The van der Waals surface area contributed by atoms with Crippen molar-refractivity contribution in [1.82, 2.24) is 40.0 Å². The minimum absolute atomic E-state index is 0.313. The van der Waals surface area contributed by atoms with Gasteiger partial charge in [-0.25, -0.2) is 9.67 Å². The third kappa shape index (κ3) is 4.77. The van der Waals surface area contributed by atoms with Crippen LogP contribution in [0, 0.1) is 0 Å². The first-order valence-electron chi connectivity index (χ1n) is 12.2. The molecule has 8 nitrogen and oxygen atoms in total. The van der Waals surface area contributed by atoms with Gasteiger partial charge in [0.25, 0.3) is 0 Å². The van der Waals surface area contributed by atoms with Gasteiger partial charge in [-0.2, -0.15) is 10.3 Å². The third-order valence-electron chi connectivity index (χ3n) is 6.09. The van der Waals surface area contributed by atoms with Crippen LogP contribution in [0.2, 0.25) is 0 Å². The summed E-state index contributed by atoms with van der Waals surface area (Å²) in [5, 5.41) is 19.6. The molecule has 0 spiro atoms. The summed E-state index contributed by atoms with van der Waals surface area (Å²) in [4.78, 5) is 4.81. The Labute approximate surface area is 205 Å². The molecule has 0 aliphatic carbocycles. The van der Waals surface area contributed by atoms with Crippen molar-refractivity contribution in [2.45, 2.75) is 52.5 Å². The lowest BCUT2D eigenvalue weighted by molar-refractivity contribution is 0.610. The summed E-state index contributed by atoms with van der Waals surface area (Å²) < 4.78 is 4.23. The number of unbranched alkanes of at least 4 members (excludes halogenated alkanes) is 1. The molecule has 0 saturated heterocycles. The van der Waals surface area contributed by atoms with E-state index in [1.807, 2.05) is 24.3 Å². The Morgan fingerprint density at radius 1 is 0.914 bits per heavy atom. The first-order valence-corrected chi connectivity index (χ1v) is 12.2. The summed E-state index contributed by atoms with van der Waals surface area (Å²) in [5.74, 6) is 2.85. The second-order valence-corrected chi connectivity index (χ2v) is 9.01. The summed E-state index contributed by atoms with van der Waals surface area (Å²) in [6.07, 6.45) is 3.21. The molecule has 5 aromatic rings. The molecule has 35 heavy (non-hydrogen) atoms. The van der Waals surface area contributed by atoms with Crippen LogP contribution in [0.1, 0.15) is 56.7 Å². The Kier molecular flexibility index (Phi) is 6.52. The zero-order valence-corrected chi connectivity index (χ0v) is 20.4. The van der Waals surface area contributed by atoms with E-state index in [0.717, 1.165) is 53.5 Å². The van der Waals surface area contributed by atoms with Crippen LogP contribution in [-0.4, -0.2) is 40.0 Å². The Hall–Kier alpha value is -4.07. The molecule has 0 unspecified atom stereocenters. The van der Waals surface area contributed by atoms with E-state index in [2.05, 4.69) is 93.1 Å². The molecule has 0 fully saturated rings. The van der Waals surface area contributed by atoms with Gasteiger partial charge in [0.1, 0.15) is 5.82 Å². The molecule has 0 bridgehead atoms. The van der Waals surface area contributed by atoms with Crippen LogP contribution in [0.15, 0.2) is 66.7 Å². The minimum atomic E-state index is 0.313. The van der Waals surface area contributed by atoms with Crippen LogP contribution < -0.4 is 0 Å². The van der Waals surface area contributed by atoms with Crippen LogP contribution in [0.5, 0.6) is 0 Å². The van der Waals surface area contributed by atoms with E-state index in [0.29, 0.717) is 18.3 Å². The van der Waals surface area contributed by atoms with E-state index in [4.69, 9.17) is 10.1 Å². The van der Waals surface area contributed by atoms with Crippen LogP contribution in [0.3, 0.4) is 0 Å². The minimum Gasteiger partial charge on any atom is -0.306 e. The Bertz CT molecular complexity index is 1360.